The number of ether oxygens (including phenoxy) is 1. The second-order valence-electron chi connectivity index (χ2n) is 6.02. The fourth-order valence-corrected chi connectivity index (χ4v) is 2.78. The van der Waals surface area contributed by atoms with E-state index in [0.717, 1.165) is 19.1 Å². The summed E-state index contributed by atoms with van der Waals surface area (Å²) in [5.41, 5.74) is 2.02. The van der Waals surface area contributed by atoms with E-state index >= 15 is 0 Å². The second kappa shape index (κ2) is 7.22. The zero-order chi connectivity index (χ0) is 15.2. The molecule has 0 aliphatic heterocycles. The Morgan fingerprint density at radius 3 is 2.75 bits per heavy atom. The van der Waals surface area contributed by atoms with Crippen molar-refractivity contribution in [3.05, 3.63) is 36.1 Å². The lowest BCUT2D eigenvalue weighted by Crippen LogP contribution is -2.29. The summed E-state index contributed by atoms with van der Waals surface area (Å²) in [7, 11) is 0. The van der Waals surface area contributed by atoms with Crippen LogP contribution >= 0.6 is 0 Å². The van der Waals surface area contributed by atoms with Crippen molar-refractivity contribution < 1.29 is 14.3 Å². The third-order valence-electron chi connectivity index (χ3n) is 3.97. The van der Waals surface area contributed by atoms with Crippen molar-refractivity contribution in [2.24, 2.45) is 11.3 Å². The number of hydrogen-bond acceptors (Lipinski definition) is 3. The molecule has 0 aromatic carbocycles. The van der Waals surface area contributed by atoms with E-state index in [-0.39, 0.29) is 5.41 Å². The molecule has 0 unspecified atom stereocenters. The summed E-state index contributed by atoms with van der Waals surface area (Å²) in [6.07, 6.45) is 9.69. The molecular weight excluding hydrogens is 252 g/mol. The Labute approximate surface area is 121 Å². The summed E-state index contributed by atoms with van der Waals surface area (Å²) in [6.45, 7) is 10.0. The van der Waals surface area contributed by atoms with Crippen LogP contribution in [0.5, 0.6) is 0 Å². The maximum absolute atomic E-state index is 11.0. The Morgan fingerprint density at radius 2 is 2.20 bits per heavy atom. The predicted octanol–water partition coefficient (Wildman–Crippen LogP) is 3.96. The Balaban J connectivity index is 2.71. The highest BCUT2D eigenvalue weighted by molar-refractivity contribution is 5.77. The first-order valence-electron chi connectivity index (χ1n) is 7.03. The van der Waals surface area contributed by atoms with Crippen molar-refractivity contribution in [1.29, 1.82) is 0 Å². The van der Waals surface area contributed by atoms with E-state index in [1.165, 1.54) is 37.7 Å². The van der Waals surface area contributed by atoms with Crippen molar-refractivity contribution >= 4 is 12.3 Å². The number of esters is 1. The highest BCUT2D eigenvalue weighted by Crippen LogP contribution is 2.45. The van der Waals surface area contributed by atoms with Crippen LogP contribution in [0.15, 0.2) is 36.1 Å². The highest BCUT2D eigenvalue weighted by Gasteiger charge is 2.33. The molecule has 110 valence electrons. The lowest BCUT2D eigenvalue weighted by Gasteiger charge is -2.40. The third-order valence-corrected chi connectivity index (χ3v) is 3.97. The molecule has 3 nitrogen and oxygen atoms in total. The topological polar surface area (TPSA) is 43.4 Å². The molecule has 0 radical (unpaired) electrons. The molecule has 1 rings (SSSR count). The number of rotatable bonds is 5. The van der Waals surface area contributed by atoms with Gasteiger partial charge in [-0.25, -0.2) is 0 Å². The summed E-state index contributed by atoms with van der Waals surface area (Å²) in [4.78, 5) is 21.7. The van der Waals surface area contributed by atoms with Gasteiger partial charge in [-0.3, -0.25) is 9.59 Å². The molecule has 0 aromatic heterocycles. The Morgan fingerprint density at radius 1 is 1.50 bits per heavy atom. The maximum Gasteiger partial charge on any atom is 0.307 e. The smallest absolute Gasteiger partial charge is 0.307 e. The molecule has 0 saturated heterocycles. The summed E-state index contributed by atoms with van der Waals surface area (Å²) < 4.78 is 4.69. The van der Waals surface area contributed by atoms with Crippen LogP contribution in [-0.2, 0) is 14.3 Å². The van der Waals surface area contributed by atoms with E-state index in [2.05, 4.69) is 20.4 Å². The molecule has 0 N–H and O–H groups in total. The molecule has 0 spiro atoms. The third kappa shape index (κ3) is 4.80. The van der Waals surface area contributed by atoms with Crippen molar-refractivity contribution in [1.82, 2.24) is 0 Å². The first-order valence-corrected chi connectivity index (χ1v) is 7.03. The largest absolute Gasteiger partial charge is 0.435 e. The zero-order valence-corrected chi connectivity index (χ0v) is 12.6. The highest BCUT2D eigenvalue weighted by atomic mass is 16.5. The Kier molecular flexibility index (Phi) is 5.93. The lowest BCUT2D eigenvalue weighted by molar-refractivity contribution is -0.135. The van der Waals surface area contributed by atoms with E-state index in [1.807, 2.05) is 6.08 Å². The van der Waals surface area contributed by atoms with E-state index in [4.69, 9.17) is 4.74 Å². The molecule has 1 aliphatic carbocycles. The van der Waals surface area contributed by atoms with Gasteiger partial charge in [0.05, 0.1) is 6.26 Å². The molecule has 0 aromatic rings. The molecule has 0 amide bonds. The SMILES string of the molecule is C=C1CCCC(C)(C)[C@H]1C/C=C(C=O)\C=C\OC(C)=O. The standard InChI is InChI=1S/C17H24O3/c1-13-6-5-10-17(3,4)16(13)8-7-15(12-18)9-11-20-14(2)19/h7,9,11-12,16H,1,5-6,8,10H2,2-4H3/b11-9+,15-7+/t16-/m0/s1. The molecule has 20 heavy (non-hydrogen) atoms. The van der Waals surface area contributed by atoms with Gasteiger partial charge in [-0.1, -0.05) is 32.1 Å². The van der Waals surface area contributed by atoms with Crippen molar-refractivity contribution in [2.45, 2.75) is 46.5 Å². The molecule has 1 atom stereocenters. The van der Waals surface area contributed by atoms with Crippen LogP contribution < -0.4 is 0 Å². The predicted molar refractivity (Wildman–Crippen MR) is 79.9 cm³/mol. The number of carbonyl (C=O) groups is 2. The van der Waals surface area contributed by atoms with Gasteiger partial charge in [-0.15, -0.1) is 0 Å². The van der Waals surface area contributed by atoms with E-state index in [9.17, 15) is 9.59 Å². The normalized spacial score (nSPS) is 22.9. The van der Waals surface area contributed by atoms with Gasteiger partial charge < -0.3 is 4.74 Å². The van der Waals surface area contributed by atoms with Gasteiger partial charge in [0.15, 0.2) is 0 Å². The zero-order valence-electron chi connectivity index (χ0n) is 12.6. The van der Waals surface area contributed by atoms with Gasteiger partial charge in [-0.05, 0) is 43.1 Å². The van der Waals surface area contributed by atoms with Crippen molar-refractivity contribution in [2.75, 3.05) is 0 Å². The monoisotopic (exact) mass is 276 g/mol. The van der Waals surface area contributed by atoms with E-state index in [1.54, 1.807) is 0 Å². The van der Waals surface area contributed by atoms with Crippen molar-refractivity contribution in [3.63, 3.8) is 0 Å². The van der Waals surface area contributed by atoms with E-state index < -0.39 is 5.97 Å². The molecule has 1 fully saturated rings. The number of allylic oxidation sites excluding steroid dienone is 4. The van der Waals surface area contributed by atoms with Crippen LogP contribution in [0.1, 0.15) is 46.5 Å². The maximum atomic E-state index is 11.0. The summed E-state index contributed by atoms with van der Waals surface area (Å²) >= 11 is 0. The summed E-state index contributed by atoms with van der Waals surface area (Å²) in [5.74, 6) is 0.00150. The van der Waals surface area contributed by atoms with Crippen molar-refractivity contribution in [3.8, 4) is 0 Å². The van der Waals surface area contributed by atoms with Crippen LogP contribution in [0.3, 0.4) is 0 Å². The van der Waals surface area contributed by atoms with Gasteiger partial charge in [0.25, 0.3) is 0 Å². The Hall–Kier alpha value is -1.64. The van der Waals surface area contributed by atoms with Crippen LogP contribution in [0.25, 0.3) is 0 Å². The minimum absolute atomic E-state index is 0.222. The fraction of sp³-hybridized carbons (Fsp3) is 0.529. The molecule has 0 heterocycles. The van der Waals surface area contributed by atoms with E-state index in [0.29, 0.717) is 11.5 Å². The number of hydrogen-bond donors (Lipinski definition) is 0. The average molecular weight is 276 g/mol. The molecule has 0 bridgehead atoms. The molecular formula is C17H24O3. The average Bonchev–Trinajstić information content (AvgIpc) is 2.34. The lowest BCUT2D eigenvalue weighted by atomic mass is 9.65. The minimum atomic E-state index is -0.395. The molecule has 3 heteroatoms. The quantitative estimate of drug-likeness (QED) is 0.191. The molecule has 1 aliphatic rings. The number of aldehydes is 1. The number of carbonyl (C=O) groups excluding carboxylic acids is 2. The summed E-state index contributed by atoms with van der Waals surface area (Å²) in [6, 6.07) is 0. The fourth-order valence-electron chi connectivity index (χ4n) is 2.78. The van der Waals surface area contributed by atoms with Gasteiger partial charge in [0, 0.05) is 12.5 Å². The minimum Gasteiger partial charge on any atom is -0.435 e. The van der Waals surface area contributed by atoms with Gasteiger partial charge in [-0.2, -0.15) is 0 Å². The van der Waals surface area contributed by atoms with Gasteiger partial charge in [0.2, 0.25) is 0 Å². The first-order chi connectivity index (χ1) is 9.36. The van der Waals surface area contributed by atoms with Gasteiger partial charge in [0.1, 0.15) is 6.29 Å². The first kappa shape index (κ1) is 16.4. The Bertz CT molecular complexity index is 441. The van der Waals surface area contributed by atoms with Gasteiger partial charge >= 0.3 is 5.97 Å². The van der Waals surface area contributed by atoms with Crippen LogP contribution in [-0.4, -0.2) is 12.3 Å². The van der Waals surface area contributed by atoms with Crippen LogP contribution in [0, 0.1) is 11.3 Å². The second-order valence-corrected chi connectivity index (χ2v) is 6.02. The van der Waals surface area contributed by atoms with Crippen LogP contribution in [0.2, 0.25) is 0 Å². The van der Waals surface area contributed by atoms with Crippen LogP contribution in [0.4, 0.5) is 0 Å². The molecule has 1 saturated carbocycles. The summed E-state index contributed by atoms with van der Waals surface area (Å²) in [5, 5.41) is 0.